The van der Waals surface area contributed by atoms with Gasteiger partial charge in [0.25, 0.3) is 5.91 Å². The minimum atomic E-state index is -0.502. The molecule has 20 heavy (non-hydrogen) atoms. The molecule has 10 heteroatoms. The lowest BCUT2D eigenvalue weighted by molar-refractivity contribution is -0.129. The number of primary amides is 1. The highest BCUT2D eigenvalue weighted by atomic mass is 16.5. The Morgan fingerprint density at radius 1 is 1.50 bits per heavy atom. The predicted octanol–water partition coefficient (Wildman–Crippen LogP) is -2.93. The fourth-order valence-corrected chi connectivity index (χ4v) is 1.98. The number of carbonyl (C=O) groups is 2. The monoisotopic (exact) mass is 283 g/mol. The molecule has 1 unspecified atom stereocenters. The van der Waals surface area contributed by atoms with Gasteiger partial charge in [0.1, 0.15) is 6.04 Å². The van der Waals surface area contributed by atoms with Crippen LogP contribution in [0.1, 0.15) is 10.5 Å². The zero-order valence-electron chi connectivity index (χ0n) is 10.9. The van der Waals surface area contributed by atoms with Crippen molar-refractivity contribution in [3.8, 4) is 0 Å². The third kappa shape index (κ3) is 3.29. The van der Waals surface area contributed by atoms with Gasteiger partial charge in [-0.05, 0) is 0 Å². The second kappa shape index (κ2) is 6.41. The second-order valence-corrected chi connectivity index (χ2v) is 4.37. The summed E-state index contributed by atoms with van der Waals surface area (Å²) >= 11 is 0. The highest BCUT2D eigenvalue weighted by Gasteiger charge is 2.27. The Morgan fingerprint density at radius 3 is 3.00 bits per heavy atom. The van der Waals surface area contributed by atoms with Crippen molar-refractivity contribution in [1.29, 1.82) is 0 Å². The van der Waals surface area contributed by atoms with Gasteiger partial charge < -0.3 is 10.5 Å². The molecular formula is C10H17N7O3. The van der Waals surface area contributed by atoms with Crippen LogP contribution >= 0.6 is 0 Å². The third-order valence-electron chi connectivity index (χ3n) is 3.09. The molecule has 0 aliphatic carbocycles. The predicted molar refractivity (Wildman–Crippen MR) is 67.1 cm³/mol. The number of hydrazine groups is 1. The third-order valence-corrected chi connectivity index (χ3v) is 3.09. The molecule has 1 fully saturated rings. The van der Waals surface area contributed by atoms with E-state index in [0.29, 0.717) is 32.8 Å². The number of carbonyl (C=O) groups excluding carboxylic acids is 2. The molecule has 0 saturated carbocycles. The number of nitrogens with zero attached hydrogens (tertiary/aromatic N) is 4. The highest BCUT2D eigenvalue weighted by molar-refractivity contribution is 5.91. The summed E-state index contributed by atoms with van der Waals surface area (Å²) in [5.41, 5.74) is 7.45. The topological polar surface area (TPSA) is 141 Å². The van der Waals surface area contributed by atoms with Crippen molar-refractivity contribution in [3.63, 3.8) is 0 Å². The van der Waals surface area contributed by atoms with Crippen LogP contribution < -0.4 is 17.0 Å². The quantitative estimate of drug-likeness (QED) is 0.298. The van der Waals surface area contributed by atoms with E-state index in [-0.39, 0.29) is 5.69 Å². The molecular weight excluding hydrogens is 266 g/mol. The van der Waals surface area contributed by atoms with Crippen molar-refractivity contribution >= 4 is 11.8 Å². The number of amides is 2. The molecule has 2 rings (SSSR count). The Bertz CT molecular complexity index is 489. The Labute approximate surface area is 115 Å². The molecule has 1 aliphatic rings. The van der Waals surface area contributed by atoms with Crippen molar-refractivity contribution in [2.75, 3.05) is 26.3 Å². The molecule has 1 atom stereocenters. The summed E-state index contributed by atoms with van der Waals surface area (Å²) in [6.45, 7) is 2.52. The van der Waals surface area contributed by atoms with Crippen LogP contribution in [0.4, 0.5) is 0 Å². The SMILES string of the molecule is NNC(=O)c1cn(CCN2CCOCC2C(N)=O)nn1. The first kappa shape index (κ1) is 14.4. The van der Waals surface area contributed by atoms with Gasteiger partial charge in [-0.2, -0.15) is 0 Å². The molecule has 5 N–H and O–H groups in total. The Kier molecular flexibility index (Phi) is 4.61. The van der Waals surface area contributed by atoms with E-state index in [4.69, 9.17) is 16.3 Å². The van der Waals surface area contributed by atoms with Crippen molar-refractivity contribution < 1.29 is 14.3 Å². The van der Waals surface area contributed by atoms with Crippen LogP contribution in [0.3, 0.4) is 0 Å². The van der Waals surface area contributed by atoms with Crippen LogP contribution in [0.15, 0.2) is 6.20 Å². The lowest BCUT2D eigenvalue weighted by atomic mass is 10.2. The van der Waals surface area contributed by atoms with E-state index in [1.54, 1.807) is 0 Å². The van der Waals surface area contributed by atoms with Crippen molar-refractivity contribution in [3.05, 3.63) is 11.9 Å². The average Bonchev–Trinajstić information content (AvgIpc) is 2.93. The molecule has 10 nitrogen and oxygen atoms in total. The molecule has 1 aromatic heterocycles. The van der Waals surface area contributed by atoms with E-state index >= 15 is 0 Å². The number of hydrogen-bond donors (Lipinski definition) is 3. The fraction of sp³-hybridized carbons (Fsp3) is 0.600. The maximum atomic E-state index is 11.3. The van der Waals surface area contributed by atoms with Crippen LogP contribution in [0.25, 0.3) is 0 Å². The van der Waals surface area contributed by atoms with Gasteiger partial charge in [0.2, 0.25) is 5.91 Å². The molecule has 0 aromatic carbocycles. The normalized spacial score (nSPS) is 19.8. The van der Waals surface area contributed by atoms with Crippen molar-refractivity contribution in [2.45, 2.75) is 12.6 Å². The first-order valence-corrected chi connectivity index (χ1v) is 6.14. The maximum Gasteiger partial charge on any atom is 0.287 e. The van der Waals surface area contributed by atoms with E-state index in [1.807, 2.05) is 10.3 Å². The number of nitrogens with two attached hydrogens (primary N) is 2. The summed E-state index contributed by atoms with van der Waals surface area (Å²) in [7, 11) is 0. The fourth-order valence-electron chi connectivity index (χ4n) is 1.98. The summed E-state index contributed by atoms with van der Waals surface area (Å²) < 4.78 is 6.74. The van der Waals surface area contributed by atoms with Gasteiger partial charge in [-0.1, -0.05) is 5.21 Å². The number of hydrogen-bond acceptors (Lipinski definition) is 7. The van der Waals surface area contributed by atoms with Gasteiger partial charge in [0.05, 0.1) is 26.0 Å². The zero-order valence-corrected chi connectivity index (χ0v) is 10.9. The maximum absolute atomic E-state index is 11.3. The van der Waals surface area contributed by atoms with E-state index in [1.165, 1.54) is 10.9 Å². The number of aromatic nitrogens is 3. The van der Waals surface area contributed by atoms with Crippen LogP contribution in [-0.2, 0) is 16.1 Å². The van der Waals surface area contributed by atoms with Crippen molar-refractivity contribution in [1.82, 2.24) is 25.3 Å². The summed E-state index contributed by atoms with van der Waals surface area (Å²) in [4.78, 5) is 24.5. The number of rotatable bonds is 5. The summed E-state index contributed by atoms with van der Waals surface area (Å²) in [6.07, 6.45) is 1.49. The molecule has 1 saturated heterocycles. The average molecular weight is 283 g/mol. The van der Waals surface area contributed by atoms with Crippen molar-refractivity contribution in [2.24, 2.45) is 11.6 Å². The van der Waals surface area contributed by atoms with Gasteiger partial charge in [-0.15, -0.1) is 5.10 Å². The van der Waals surface area contributed by atoms with Gasteiger partial charge in [0.15, 0.2) is 5.69 Å². The van der Waals surface area contributed by atoms with Crippen LogP contribution in [-0.4, -0.2) is 64.1 Å². The molecule has 1 aromatic rings. The van der Waals surface area contributed by atoms with Crippen LogP contribution in [0.2, 0.25) is 0 Å². The molecule has 0 radical (unpaired) electrons. The number of nitrogens with one attached hydrogen (secondary N) is 1. The standard InChI is InChI=1S/C10H17N7O3/c11-9(18)8-6-20-4-3-16(8)1-2-17-5-7(14-15-17)10(19)13-12/h5,8H,1-4,6,12H2,(H2,11,18)(H,13,19). The highest BCUT2D eigenvalue weighted by Crippen LogP contribution is 2.06. The molecule has 0 spiro atoms. The van der Waals surface area contributed by atoms with Crippen LogP contribution in [0, 0.1) is 0 Å². The summed E-state index contributed by atoms with van der Waals surface area (Å²) in [5.74, 6) is 4.09. The van der Waals surface area contributed by atoms with E-state index in [9.17, 15) is 9.59 Å². The number of ether oxygens (including phenoxy) is 1. The Balaban J connectivity index is 1.92. The Morgan fingerprint density at radius 2 is 2.30 bits per heavy atom. The summed E-state index contributed by atoms with van der Waals surface area (Å²) in [5, 5.41) is 7.51. The molecule has 2 heterocycles. The zero-order chi connectivity index (χ0) is 14.5. The largest absolute Gasteiger partial charge is 0.378 e. The van der Waals surface area contributed by atoms with Gasteiger partial charge in [-0.25, -0.2) is 5.84 Å². The lowest BCUT2D eigenvalue weighted by Crippen LogP contribution is -2.53. The summed E-state index contributed by atoms with van der Waals surface area (Å²) in [6, 6.07) is -0.431. The van der Waals surface area contributed by atoms with E-state index < -0.39 is 17.9 Å². The molecule has 0 bridgehead atoms. The van der Waals surface area contributed by atoms with Gasteiger partial charge >= 0.3 is 0 Å². The Hall–Kier alpha value is -2.04. The van der Waals surface area contributed by atoms with E-state index in [0.717, 1.165) is 0 Å². The van der Waals surface area contributed by atoms with Gasteiger partial charge in [-0.3, -0.25) is 24.6 Å². The molecule has 2 amide bonds. The first-order valence-electron chi connectivity index (χ1n) is 6.14. The minimum Gasteiger partial charge on any atom is -0.378 e. The smallest absolute Gasteiger partial charge is 0.287 e. The lowest BCUT2D eigenvalue weighted by Gasteiger charge is -2.33. The van der Waals surface area contributed by atoms with Gasteiger partial charge in [0, 0.05) is 13.1 Å². The molecule has 110 valence electrons. The number of nitrogen functional groups attached to an aromatic ring is 1. The van der Waals surface area contributed by atoms with Crippen LogP contribution in [0.5, 0.6) is 0 Å². The second-order valence-electron chi connectivity index (χ2n) is 4.37. The van der Waals surface area contributed by atoms with E-state index in [2.05, 4.69) is 10.3 Å². The minimum absolute atomic E-state index is 0.140. The molecule has 1 aliphatic heterocycles. The number of morpholine rings is 1. The first-order chi connectivity index (χ1) is 9.61.